The lowest BCUT2D eigenvalue weighted by atomic mass is 10.2. The van der Waals surface area contributed by atoms with Crippen molar-refractivity contribution < 1.29 is 19.0 Å². The summed E-state index contributed by atoms with van der Waals surface area (Å²) >= 11 is 0. The predicted molar refractivity (Wildman–Crippen MR) is 95.3 cm³/mol. The molecule has 0 bridgehead atoms. The molecule has 1 aromatic carbocycles. The van der Waals surface area contributed by atoms with E-state index in [2.05, 4.69) is 15.6 Å². The van der Waals surface area contributed by atoms with Gasteiger partial charge in [-0.25, -0.2) is 4.98 Å². The zero-order valence-corrected chi connectivity index (χ0v) is 14.7. The Morgan fingerprint density at radius 1 is 1.08 bits per heavy atom. The normalized spacial score (nSPS) is 10.2. The van der Waals surface area contributed by atoms with Gasteiger partial charge in [-0.15, -0.1) is 0 Å². The van der Waals surface area contributed by atoms with Crippen molar-refractivity contribution in [2.45, 2.75) is 6.54 Å². The molecule has 7 heteroatoms. The van der Waals surface area contributed by atoms with Crippen LogP contribution in [0.4, 0.5) is 5.69 Å². The number of benzene rings is 1. The molecule has 0 radical (unpaired) electrons. The Morgan fingerprint density at radius 2 is 1.88 bits per heavy atom. The molecule has 1 heterocycles. The number of aromatic nitrogens is 1. The van der Waals surface area contributed by atoms with Gasteiger partial charge in [-0.3, -0.25) is 4.79 Å². The molecule has 1 amide bonds. The molecule has 0 fully saturated rings. The Hall–Kier alpha value is -2.80. The maximum absolute atomic E-state index is 11.9. The number of carbonyl (C=O) groups is 1. The number of nitrogens with one attached hydrogen (secondary N) is 2. The number of hydrogen-bond donors (Lipinski definition) is 2. The SMILES string of the molecule is COCCNC(=O)c1ccc(NCc2ccc(OC)c(OC)c2)cn1. The van der Waals surface area contributed by atoms with Crippen LogP contribution in [0.3, 0.4) is 0 Å². The van der Waals surface area contributed by atoms with Gasteiger partial charge >= 0.3 is 0 Å². The fraction of sp³-hybridized carbons (Fsp3) is 0.333. The summed E-state index contributed by atoms with van der Waals surface area (Å²) in [7, 11) is 4.80. The minimum atomic E-state index is -0.219. The summed E-state index contributed by atoms with van der Waals surface area (Å²) in [6.07, 6.45) is 1.63. The molecular weight excluding hydrogens is 322 g/mol. The molecule has 0 atom stereocenters. The molecule has 2 aromatic rings. The average Bonchev–Trinajstić information content (AvgIpc) is 2.66. The first-order chi connectivity index (χ1) is 12.2. The molecule has 1 aromatic heterocycles. The van der Waals surface area contributed by atoms with Gasteiger partial charge in [-0.1, -0.05) is 6.07 Å². The van der Waals surface area contributed by atoms with E-state index in [1.54, 1.807) is 33.6 Å². The Labute approximate surface area is 147 Å². The van der Waals surface area contributed by atoms with Crippen LogP contribution < -0.4 is 20.1 Å². The van der Waals surface area contributed by atoms with Crippen LogP contribution in [0.2, 0.25) is 0 Å². The molecule has 0 aliphatic rings. The van der Waals surface area contributed by atoms with Crippen LogP contribution in [-0.2, 0) is 11.3 Å². The second-order valence-corrected chi connectivity index (χ2v) is 5.22. The van der Waals surface area contributed by atoms with E-state index in [9.17, 15) is 4.79 Å². The maximum Gasteiger partial charge on any atom is 0.269 e. The molecule has 0 unspecified atom stereocenters. The van der Waals surface area contributed by atoms with E-state index >= 15 is 0 Å². The molecule has 0 spiro atoms. The molecule has 0 saturated carbocycles. The minimum absolute atomic E-state index is 0.219. The number of carbonyl (C=O) groups excluding carboxylic acids is 1. The van der Waals surface area contributed by atoms with Gasteiger partial charge in [0.1, 0.15) is 5.69 Å². The largest absolute Gasteiger partial charge is 0.493 e. The first-order valence-electron chi connectivity index (χ1n) is 7.86. The number of anilines is 1. The summed E-state index contributed by atoms with van der Waals surface area (Å²) < 4.78 is 15.4. The number of rotatable bonds is 9. The zero-order valence-electron chi connectivity index (χ0n) is 14.7. The third-order valence-electron chi connectivity index (χ3n) is 3.53. The number of ether oxygens (including phenoxy) is 3. The number of methoxy groups -OCH3 is 3. The van der Waals surface area contributed by atoms with Gasteiger partial charge in [-0.2, -0.15) is 0 Å². The Bertz CT molecular complexity index is 689. The van der Waals surface area contributed by atoms with Gasteiger partial charge in [0.05, 0.1) is 32.7 Å². The third kappa shape index (κ3) is 5.36. The van der Waals surface area contributed by atoms with Crippen molar-refractivity contribution in [3.05, 3.63) is 47.8 Å². The van der Waals surface area contributed by atoms with E-state index < -0.39 is 0 Å². The van der Waals surface area contributed by atoms with Crippen LogP contribution in [0, 0.1) is 0 Å². The van der Waals surface area contributed by atoms with Crippen molar-refractivity contribution in [3.8, 4) is 11.5 Å². The topological polar surface area (TPSA) is 81.7 Å². The molecule has 0 aliphatic heterocycles. The standard InChI is InChI=1S/C18H23N3O4/c1-23-9-8-19-18(22)15-6-5-14(12-21-15)20-11-13-4-7-16(24-2)17(10-13)25-3/h4-7,10,12,20H,8-9,11H2,1-3H3,(H,19,22). The quantitative estimate of drug-likeness (QED) is 0.677. The molecule has 2 N–H and O–H groups in total. The fourth-order valence-electron chi connectivity index (χ4n) is 2.18. The number of pyridine rings is 1. The minimum Gasteiger partial charge on any atom is -0.493 e. The van der Waals surface area contributed by atoms with Gasteiger partial charge in [0.25, 0.3) is 5.91 Å². The number of hydrogen-bond acceptors (Lipinski definition) is 6. The summed E-state index contributed by atoms with van der Waals surface area (Å²) in [5.41, 5.74) is 2.23. The Balaban J connectivity index is 1.92. The van der Waals surface area contributed by atoms with Crippen molar-refractivity contribution in [2.24, 2.45) is 0 Å². The smallest absolute Gasteiger partial charge is 0.269 e. The van der Waals surface area contributed by atoms with E-state index in [0.717, 1.165) is 11.3 Å². The highest BCUT2D eigenvalue weighted by atomic mass is 16.5. The lowest BCUT2D eigenvalue weighted by Gasteiger charge is -2.11. The Morgan fingerprint density at radius 3 is 2.52 bits per heavy atom. The van der Waals surface area contributed by atoms with Crippen molar-refractivity contribution in [3.63, 3.8) is 0 Å². The molecular formula is C18H23N3O4. The summed E-state index contributed by atoms with van der Waals surface area (Å²) in [5, 5.41) is 5.99. The third-order valence-corrected chi connectivity index (χ3v) is 3.53. The lowest BCUT2D eigenvalue weighted by molar-refractivity contribution is 0.0932. The van der Waals surface area contributed by atoms with Gasteiger partial charge in [0.15, 0.2) is 11.5 Å². The first-order valence-corrected chi connectivity index (χ1v) is 7.86. The average molecular weight is 345 g/mol. The van der Waals surface area contributed by atoms with Crippen LogP contribution in [0.25, 0.3) is 0 Å². The first kappa shape index (κ1) is 18.5. The lowest BCUT2D eigenvalue weighted by Crippen LogP contribution is -2.27. The van der Waals surface area contributed by atoms with Crippen LogP contribution in [0.1, 0.15) is 16.1 Å². The summed E-state index contributed by atoms with van der Waals surface area (Å²) in [5.74, 6) is 1.16. The van der Waals surface area contributed by atoms with E-state index in [4.69, 9.17) is 14.2 Å². The second-order valence-electron chi connectivity index (χ2n) is 5.22. The maximum atomic E-state index is 11.9. The summed E-state index contributed by atoms with van der Waals surface area (Å²) in [4.78, 5) is 16.0. The highest BCUT2D eigenvalue weighted by Crippen LogP contribution is 2.27. The fourth-order valence-corrected chi connectivity index (χ4v) is 2.18. The highest BCUT2D eigenvalue weighted by molar-refractivity contribution is 5.92. The molecule has 25 heavy (non-hydrogen) atoms. The van der Waals surface area contributed by atoms with Crippen molar-refractivity contribution in [1.29, 1.82) is 0 Å². The number of amides is 1. The number of nitrogens with zero attached hydrogens (tertiary/aromatic N) is 1. The van der Waals surface area contributed by atoms with Gasteiger partial charge < -0.3 is 24.8 Å². The Kier molecular flexibility index (Phi) is 7.03. The van der Waals surface area contributed by atoms with Crippen LogP contribution in [0.5, 0.6) is 11.5 Å². The van der Waals surface area contributed by atoms with Crippen LogP contribution >= 0.6 is 0 Å². The van der Waals surface area contributed by atoms with Crippen molar-refractivity contribution in [2.75, 3.05) is 39.8 Å². The van der Waals surface area contributed by atoms with Gasteiger partial charge in [-0.05, 0) is 29.8 Å². The van der Waals surface area contributed by atoms with Crippen molar-refractivity contribution in [1.82, 2.24) is 10.3 Å². The predicted octanol–water partition coefficient (Wildman–Crippen LogP) is 2.09. The monoisotopic (exact) mass is 345 g/mol. The zero-order chi connectivity index (χ0) is 18.1. The second kappa shape index (κ2) is 9.48. The van der Waals surface area contributed by atoms with E-state index in [0.29, 0.717) is 36.9 Å². The highest BCUT2D eigenvalue weighted by Gasteiger charge is 2.07. The van der Waals surface area contributed by atoms with E-state index in [1.165, 1.54) is 0 Å². The molecule has 2 rings (SSSR count). The summed E-state index contributed by atoms with van der Waals surface area (Å²) in [6.45, 7) is 1.52. The molecule has 0 saturated heterocycles. The van der Waals surface area contributed by atoms with Crippen LogP contribution in [-0.4, -0.2) is 45.4 Å². The van der Waals surface area contributed by atoms with Gasteiger partial charge in [0, 0.05) is 20.2 Å². The van der Waals surface area contributed by atoms with E-state index in [1.807, 2.05) is 24.3 Å². The van der Waals surface area contributed by atoms with Crippen molar-refractivity contribution >= 4 is 11.6 Å². The molecule has 134 valence electrons. The summed E-state index contributed by atoms with van der Waals surface area (Å²) in [6, 6.07) is 9.23. The molecule has 0 aliphatic carbocycles. The molecule has 7 nitrogen and oxygen atoms in total. The van der Waals surface area contributed by atoms with Crippen LogP contribution in [0.15, 0.2) is 36.5 Å². The van der Waals surface area contributed by atoms with E-state index in [-0.39, 0.29) is 5.91 Å². The van der Waals surface area contributed by atoms with Gasteiger partial charge in [0.2, 0.25) is 0 Å².